The number of benzene rings is 1. The van der Waals surface area contributed by atoms with Crippen LogP contribution in [0.4, 0.5) is 0 Å². The lowest BCUT2D eigenvalue weighted by Crippen LogP contribution is -2.22. The number of para-hydroxylation sites is 1. The van der Waals surface area contributed by atoms with Crippen molar-refractivity contribution in [1.82, 2.24) is 9.88 Å². The highest BCUT2D eigenvalue weighted by Crippen LogP contribution is 2.27. The van der Waals surface area contributed by atoms with E-state index in [0.717, 1.165) is 6.54 Å². The minimum absolute atomic E-state index is 0.537. The average Bonchev–Trinajstić information content (AvgIpc) is 2.57. The summed E-state index contributed by atoms with van der Waals surface area (Å²) in [6.45, 7) is 1.16. The van der Waals surface area contributed by atoms with Crippen molar-refractivity contribution in [3.8, 4) is 0 Å². The van der Waals surface area contributed by atoms with Crippen molar-refractivity contribution in [3.05, 3.63) is 36.0 Å². The van der Waals surface area contributed by atoms with Crippen LogP contribution in [0.1, 0.15) is 37.4 Å². The molecule has 0 aliphatic carbocycles. The van der Waals surface area contributed by atoms with Crippen LogP contribution in [0.15, 0.2) is 30.3 Å². The van der Waals surface area contributed by atoms with Gasteiger partial charge in [0, 0.05) is 24.3 Å². The van der Waals surface area contributed by atoms with E-state index in [2.05, 4.69) is 47.3 Å². The second-order valence-electron chi connectivity index (χ2n) is 5.04. The molecule has 1 atom stereocenters. The highest BCUT2D eigenvalue weighted by Gasteiger charge is 2.17. The van der Waals surface area contributed by atoms with Gasteiger partial charge in [-0.2, -0.15) is 0 Å². The van der Waals surface area contributed by atoms with Crippen LogP contribution in [-0.4, -0.2) is 11.1 Å². The van der Waals surface area contributed by atoms with Crippen molar-refractivity contribution in [3.63, 3.8) is 0 Å². The molecule has 2 aromatic rings. The number of aromatic nitrogens is 1. The first-order valence-electron chi connectivity index (χ1n) is 6.64. The highest BCUT2D eigenvalue weighted by molar-refractivity contribution is 5.81. The zero-order valence-electron chi connectivity index (χ0n) is 10.4. The monoisotopic (exact) mass is 228 g/mol. The summed E-state index contributed by atoms with van der Waals surface area (Å²) in [6.07, 6.45) is 5.30. The molecule has 1 N–H and O–H groups in total. The van der Waals surface area contributed by atoms with Crippen LogP contribution in [-0.2, 0) is 7.05 Å². The van der Waals surface area contributed by atoms with E-state index in [0.29, 0.717) is 6.04 Å². The molecule has 1 aliphatic heterocycles. The predicted octanol–water partition coefficient (Wildman–Crippen LogP) is 3.38. The fraction of sp³-hybridized carbons (Fsp3) is 0.467. The molecule has 2 heteroatoms. The van der Waals surface area contributed by atoms with E-state index in [4.69, 9.17) is 0 Å². The summed E-state index contributed by atoms with van der Waals surface area (Å²) in [5.74, 6) is 0. The molecule has 1 aliphatic rings. The van der Waals surface area contributed by atoms with Crippen molar-refractivity contribution < 1.29 is 0 Å². The normalized spacial score (nSPS) is 21.6. The van der Waals surface area contributed by atoms with Gasteiger partial charge in [-0.3, -0.25) is 0 Å². The predicted molar refractivity (Wildman–Crippen MR) is 72.1 cm³/mol. The minimum atomic E-state index is 0.537. The van der Waals surface area contributed by atoms with Gasteiger partial charge < -0.3 is 9.88 Å². The molecule has 1 aromatic heterocycles. The van der Waals surface area contributed by atoms with E-state index >= 15 is 0 Å². The van der Waals surface area contributed by atoms with Gasteiger partial charge in [-0.25, -0.2) is 0 Å². The molecular weight excluding hydrogens is 208 g/mol. The molecule has 0 spiro atoms. The van der Waals surface area contributed by atoms with Gasteiger partial charge in [-0.15, -0.1) is 0 Å². The molecule has 1 unspecified atom stereocenters. The van der Waals surface area contributed by atoms with E-state index in [1.165, 1.54) is 42.3 Å². The molecule has 2 heterocycles. The molecule has 17 heavy (non-hydrogen) atoms. The van der Waals surface area contributed by atoms with Crippen LogP contribution in [0.3, 0.4) is 0 Å². The average molecular weight is 228 g/mol. The van der Waals surface area contributed by atoms with Gasteiger partial charge in [0.1, 0.15) is 0 Å². The molecule has 90 valence electrons. The van der Waals surface area contributed by atoms with Gasteiger partial charge in [0.25, 0.3) is 0 Å². The van der Waals surface area contributed by atoms with Crippen molar-refractivity contribution >= 4 is 10.9 Å². The Morgan fingerprint density at radius 1 is 1.18 bits per heavy atom. The Balaban J connectivity index is 2.01. The minimum Gasteiger partial charge on any atom is -0.346 e. The van der Waals surface area contributed by atoms with Gasteiger partial charge >= 0.3 is 0 Å². The maximum absolute atomic E-state index is 3.68. The first kappa shape index (κ1) is 10.8. The Morgan fingerprint density at radius 3 is 2.94 bits per heavy atom. The lowest BCUT2D eigenvalue weighted by molar-refractivity contribution is 0.509. The van der Waals surface area contributed by atoms with Gasteiger partial charge in [0.15, 0.2) is 0 Å². The van der Waals surface area contributed by atoms with Crippen LogP contribution in [0.5, 0.6) is 0 Å². The third-order valence-electron chi connectivity index (χ3n) is 3.91. The topological polar surface area (TPSA) is 17.0 Å². The van der Waals surface area contributed by atoms with Crippen molar-refractivity contribution in [2.24, 2.45) is 7.05 Å². The molecular formula is C15H20N2. The fourth-order valence-corrected chi connectivity index (χ4v) is 2.93. The van der Waals surface area contributed by atoms with Gasteiger partial charge in [-0.1, -0.05) is 31.0 Å². The first-order chi connectivity index (χ1) is 8.36. The fourth-order valence-electron chi connectivity index (χ4n) is 2.93. The number of aryl methyl sites for hydroxylation is 1. The molecule has 2 nitrogen and oxygen atoms in total. The lowest BCUT2D eigenvalue weighted by Gasteiger charge is -2.17. The Kier molecular flexibility index (Phi) is 2.89. The van der Waals surface area contributed by atoms with E-state index < -0.39 is 0 Å². The molecule has 1 fully saturated rings. The second-order valence-corrected chi connectivity index (χ2v) is 5.04. The van der Waals surface area contributed by atoms with E-state index in [9.17, 15) is 0 Å². The van der Waals surface area contributed by atoms with Crippen LogP contribution >= 0.6 is 0 Å². The first-order valence-corrected chi connectivity index (χ1v) is 6.64. The summed E-state index contributed by atoms with van der Waals surface area (Å²) in [5.41, 5.74) is 2.78. The standard InChI is InChI=1S/C15H20N2/c1-17-14-9-5-4-7-12(14)11-15(17)13-8-3-2-6-10-16-13/h4-5,7,9,11,13,16H,2-3,6,8,10H2,1H3. The van der Waals surface area contributed by atoms with Crippen LogP contribution in [0.25, 0.3) is 10.9 Å². The third-order valence-corrected chi connectivity index (χ3v) is 3.91. The van der Waals surface area contributed by atoms with Crippen molar-refractivity contribution in [2.45, 2.75) is 31.7 Å². The van der Waals surface area contributed by atoms with Crippen LogP contribution < -0.4 is 5.32 Å². The summed E-state index contributed by atoms with van der Waals surface area (Å²) in [7, 11) is 2.18. The van der Waals surface area contributed by atoms with Gasteiger partial charge in [0.05, 0.1) is 0 Å². The summed E-state index contributed by atoms with van der Waals surface area (Å²) in [6, 6.07) is 11.5. The van der Waals surface area contributed by atoms with Crippen LogP contribution in [0, 0.1) is 0 Å². The van der Waals surface area contributed by atoms with Gasteiger partial charge in [0.2, 0.25) is 0 Å². The molecule has 0 saturated carbocycles. The second kappa shape index (κ2) is 4.53. The summed E-state index contributed by atoms with van der Waals surface area (Å²) in [4.78, 5) is 0. The molecule has 0 bridgehead atoms. The maximum atomic E-state index is 3.68. The summed E-state index contributed by atoms with van der Waals surface area (Å²) in [5, 5.41) is 5.04. The number of nitrogens with one attached hydrogen (secondary N) is 1. The number of fused-ring (bicyclic) bond motifs is 1. The zero-order chi connectivity index (χ0) is 11.7. The molecule has 3 rings (SSSR count). The molecule has 1 saturated heterocycles. The Hall–Kier alpha value is -1.28. The van der Waals surface area contributed by atoms with Crippen molar-refractivity contribution in [1.29, 1.82) is 0 Å². The largest absolute Gasteiger partial charge is 0.346 e. The molecule has 0 radical (unpaired) electrons. The van der Waals surface area contributed by atoms with Gasteiger partial charge in [-0.05, 0) is 36.9 Å². The molecule has 1 aromatic carbocycles. The Bertz CT molecular complexity index is 505. The van der Waals surface area contributed by atoms with E-state index in [-0.39, 0.29) is 0 Å². The number of nitrogens with zero attached hydrogens (tertiary/aromatic N) is 1. The van der Waals surface area contributed by atoms with E-state index in [1.54, 1.807) is 0 Å². The highest BCUT2D eigenvalue weighted by atomic mass is 15.0. The third kappa shape index (κ3) is 1.98. The summed E-state index contributed by atoms with van der Waals surface area (Å²) >= 11 is 0. The maximum Gasteiger partial charge on any atom is 0.0480 e. The number of rotatable bonds is 1. The Labute approximate surface area is 103 Å². The van der Waals surface area contributed by atoms with Crippen molar-refractivity contribution in [2.75, 3.05) is 6.54 Å². The molecule has 0 amide bonds. The summed E-state index contributed by atoms with van der Waals surface area (Å²) < 4.78 is 2.35. The number of hydrogen-bond acceptors (Lipinski definition) is 1. The van der Waals surface area contributed by atoms with Crippen LogP contribution in [0.2, 0.25) is 0 Å². The zero-order valence-corrected chi connectivity index (χ0v) is 10.4. The van der Waals surface area contributed by atoms with E-state index in [1.807, 2.05) is 0 Å². The lowest BCUT2D eigenvalue weighted by atomic mass is 10.1. The number of hydrogen-bond donors (Lipinski definition) is 1. The quantitative estimate of drug-likeness (QED) is 0.791. The Morgan fingerprint density at radius 2 is 2.06 bits per heavy atom. The SMILES string of the molecule is Cn1c(C2CCCCCN2)cc2ccccc21. The smallest absolute Gasteiger partial charge is 0.0480 e.